The highest BCUT2D eigenvalue weighted by Gasteiger charge is 2.28. The number of benzene rings is 1. The predicted octanol–water partition coefficient (Wildman–Crippen LogP) is 3.16. The number of nitrogens with zero attached hydrogens (tertiary/aromatic N) is 4. The zero-order chi connectivity index (χ0) is 20.9. The van der Waals surface area contributed by atoms with Gasteiger partial charge in [-0.15, -0.1) is 0 Å². The zero-order valence-electron chi connectivity index (χ0n) is 17.4. The van der Waals surface area contributed by atoms with Crippen molar-refractivity contribution in [3.8, 4) is 0 Å². The fraction of sp³-hybridized carbons (Fsp3) is 0.429. The molecule has 1 amide bonds. The molecule has 0 atom stereocenters. The molecule has 2 aromatic heterocycles. The summed E-state index contributed by atoms with van der Waals surface area (Å²) in [5.41, 5.74) is 3.73. The lowest BCUT2D eigenvalue weighted by Crippen LogP contribution is -2.26. The minimum Gasteiger partial charge on any atom is -0.384 e. The number of anilines is 1. The summed E-state index contributed by atoms with van der Waals surface area (Å²) in [7, 11) is 4.02. The molecule has 0 bridgehead atoms. The van der Waals surface area contributed by atoms with Gasteiger partial charge in [-0.1, -0.05) is 43.4 Å². The molecule has 0 spiro atoms. The monoisotopic (exact) mass is 412 g/mol. The van der Waals surface area contributed by atoms with Crippen LogP contribution >= 0.6 is 11.3 Å². The van der Waals surface area contributed by atoms with Crippen LogP contribution in [0.15, 0.2) is 36.8 Å². The van der Waals surface area contributed by atoms with Crippen molar-refractivity contribution >= 4 is 33.3 Å². The van der Waals surface area contributed by atoms with Crippen molar-refractivity contribution in [3.63, 3.8) is 0 Å². The molecule has 1 aliphatic rings. The minimum atomic E-state index is -0.142. The number of thiazole rings is 1. The lowest BCUT2D eigenvalue weighted by molar-refractivity contribution is 0.0952. The van der Waals surface area contributed by atoms with E-state index in [1.54, 1.807) is 6.20 Å². The van der Waals surface area contributed by atoms with Gasteiger partial charge in [0, 0.05) is 24.2 Å². The van der Waals surface area contributed by atoms with Crippen molar-refractivity contribution in [1.82, 2.24) is 25.2 Å². The Morgan fingerprint density at radius 1 is 1.31 bits per heavy atom. The van der Waals surface area contributed by atoms with E-state index in [2.05, 4.69) is 68.6 Å². The number of carbonyl (C=O) groups excluding carboxylic acids is 1. The van der Waals surface area contributed by atoms with E-state index in [1.807, 2.05) is 14.1 Å². The normalized spacial score (nSPS) is 14.1. The number of rotatable bonds is 5. The molecule has 1 aromatic carbocycles. The molecule has 4 rings (SSSR count). The molecule has 0 fully saturated rings. The van der Waals surface area contributed by atoms with Crippen LogP contribution in [0, 0.1) is 0 Å². The molecule has 154 valence electrons. The summed E-state index contributed by atoms with van der Waals surface area (Å²) >= 11 is 1.29. The molecule has 0 aliphatic carbocycles. The molecular weight excluding hydrogens is 384 g/mol. The van der Waals surface area contributed by atoms with Gasteiger partial charge in [0.05, 0.1) is 6.20 Å². The molecule has 0 saturated carbocycles. The summed E-state index contributed by atoms with van der Waals surface area (Å²) < 4.78 is 0. The summed E-state index contributed by atoms with van der Waals surface area (Å²) in [4.78, 5) is 26.8. The number of carbonyl (C=O) groups is 1. The summed E-state index contributed by atoms with van der Waals surface area (Å²) in [6.45, 7) is 7.20. The van der Waals surface area contributed by atoms with Gasteiger partial charge < -0.3 is 15.5 Å². The van der Waals surface area contributed by atoms with Crippen LogP contribution in [0.3, 0.4) is 0 Å². The number of aromatic nitrogens is 3. The number of amides is 1. The maximum Gasteiger partial charge on any atom is 0.280 e. The fourth-order valence-corrected chi connectivity index (χ4v) is 3.89. The van der Waals surface area contributed by atoms with Crippen LogP contribution in [0.25, 0.3) is 10.3 Å². The third kappa shape index (κ3) is 5.48. The number of para-hydroxylation sites is 1. The van der Waals surface area contributed by atoms with E-state index in [1.165, 1.54) is 28.9 Å². The Balaban J connectivity index is 0.000000186. The summed E-state index contributed by atoms with van der Waals surface area (Å²) in [6, 6.07) is 8.53. The van der Waals surface area contributed by atoms with Crippen LogP contribution < -0.4 is 10.6 Å². The zero-order valence-corrected chi connectivity index (χ0v) is 18.2. The second-order valence-electron chi connectivity index (χ2n) is 7.93. The van der Waals surface area contributed by atoms with Crippen LogP contribution in [-0.4, -0.2) is 59.5 Å². The summed E-state index contributed by atoms with van der Waals surface area (Å²) in [5, 5.41) is 6.68. The number of nitrogens with one attached hydrogen (secondary N) is 2. The Hall–Kier alpha value is -2.58. The topological polar surface area (TPSA) is 83.0 Å². The Kier molecular flexibility index (Phi) is 6.76. The smallest absolute Gasteiger partial charge is 0.280 e. The van der Waals surface area contributed by atoms with Crippen molar-refractivity contribution in [2.24, 2.45) is 0 Å². The number of fused-ring (bicyclic) bond motifs is 2. The van der Waals surface area contributed by atoms with Crippen molar-refractivity contribution in [2.75, 3.05) is 39.0 Å². The molecule has 0 unspecified atom stereocenters. The van der Waals surface area contributed by atoms with Gasteiger partial charge in [-0.05, 0) is 38.7 Å². The largest absolute Gasteiger partial charge is 0.384 e. The first-order valence-electron chi connectivity index (χ1n) is 9.70. The molecule has 2 N–H and O–H groups in total. The highest BCUT2D eigenvalue weighted by Crippen LogP contribution is 2.35. The SMILES string of the molecule is CC1(C)CNc2ccccc21.CN(C)CCCNC(=O)c1nc2cncnc2s1. The van der Waals surface area contributed by atoms with E-state index in [4.69, 9.17) is 0 Å². The minimum absolute atomic E-state index is 0.142. The van der Waals surface area contributed by atoms with Gasteiger partial charge in [-0.3, -0.25) is 4.79 Å². The number of hydrogen-bond acceptors (Lipinski definition) is 7. The maximum absolute atomic E-state index is 11.8. The van der Waals surface area contributed by atoms with Gasteiger partial charge in [0.25, 0.3) is 5.91 Å². The third-order valence-electron chi connectivity index (χ3n) is 4.71. The number of hydrogen-bond donors (Lipinski definition) is 2. The van der Waals surface area contributed by atoms with Gasteiger partial charge in [-0.2, -0.15) is 0 Å². The molecule has 7 nitrogen and oxygen atoms in total. The molecule has 0 saturated heterocycles. The van der Waals surface area contributed by atoms with E-state index in [0.29, 0.717) is 22.5 Å². The predicted molar refractivity (Wildman–Crippen MR) is 119 cm³/mol. The van der Waals surface area contributed by atoms with Gasteiger partial charge in [-0.25, -0.2) is 15.0 Å². The van der Waals surface area contributed by atoms with Crippen LogP contribution in [0.4, 0.5) is 5.69 Å². The van der Waals surface area contributed by atoms with Crippen LogP contribution in [0.1, 0.15) is 35.6 Å². The van der Waals surface area contributed by atoms with E-state index < -0.39 is 0 Å². The average Bonchev–Trinajstić information content (AvgIpc) is 3.27. The lowest BCUT2D eigenvalue weighted by atomic mass is 9.87. The van der Waals surface area contributed by atoms with Crippen molar-refractivity contribution in [2.45, 2.75) is 25.7 Å². The first-order valence-corrected chi connectivity index (χ1v) is 10.5. The Bertz CT molecular complexity index is 935. The Labute approximate surface area is 175 Å². The maximum atomic E-state index is 11.8. The van der Waals surface area contributed by atoms with E-state index in [0.717, 1.165) is 24.3 Å². The Morgan fingerprint density at radius 2 is 2.10 bits per heavy atom. The second-order valence-corrected chi connectivity index (χ2v) is 8.91. The van der Waals surface area contributed by atoms with Crippen molar-refractivity contribution in [1.29, 1.82) is 0 Å². The molecular formula is C21H28N6OS. The highest BCUT2D eigenvalue weighted by molar-refractivity contribution is 7.19. The van der Waals surface area contributed by atoms with E-state index in [9.17, 15) is 4.79 Å². The van der Waals surface area contributed by atoms with Gasteiger partial charge >= 0.3 is 0 Å². The van der Waals surface area contributed by atoms with Crippen LogP contribution in [0.2, 0.25) is 0 Å². The summed E-state index contributed by atoms with van der Waals surface area (Å²) in [6.07, 6.45) is 3.99. The quantitative estimate of drug-likeness (QED) is 0.627. The van der Waals surface area contributed by atoms with E-state index in [-0.39, 0.29) is 5.91 Å². The summed E-state index contributed by atoms with van der Waals surface area (Å²) in [5.74, 6) is -0.142. The van der Waals surface area contributed by atoms with E-state index >= 15 is 0 Å². The average molecular weight is 413 g/mol. The van der Waals surface area contributed by atoms with Crippen LogP contribution in [-0.2, 0) is 5.41 Å². The molecule has 3 aromatic rings. The standard InChI is InChI=1S/C11H15N5OS.C10H13N/c1-16(2)5-3-4-13-9(17)11-15-8-6-12-7-14-10(8)18-11;1-10(2)7-11-9-6-4-3-5-8(9)10/h6-7H,3-5H2,1-2H3,(H,13,17);3-6,11H,7H2,1-2H3. The second kappa shape index (κ2) is 9.28. The first-order chi connectivity index (χ1) is 13.9. The van der Waals surface area contributed by atoms with Crippen LogP contribution in [0.5, 0.6) is 0 Å². The fourth-order valence-electron chi connectivity index (χ4n) is 3.10. The Morgan fingerprint density at radius 3 is 2.83 bits per heavy atom. The van der Waals surface area contributed by atoms with Crippen molar-refractivity contribution < 1.29 is 4.79 Å². The van der Waals surface area contributed by atoms with Gasteiger partial charge in [0.15, 0.2) is 5.01 Å². The molecule has 8 heteroatoms. The molecule has 1 aliphatic heterocycles. The third-order valence-corrected chi connectivity index (χ3v) is 5.69. The molecule has 29 heavy (non-hydrogen) atoms. The van der Waals surface area contributed by atoms with Crippen molar-refractivity contribution in [3.05, 3.63) is 47.4 Å². The first kappa shape index (κ1) is 21.1. The highest BCUT2D eigenvalue weighted by atomic mass is 32.1. The molecule has 0 radical (unpaired) electrons. The van der Waals surface area contributed by atoms with Gasteiger partial charge in [0.2, 0.25) is 0 Å². The molecule has 3 heterocycles. The van der Waals surface area contributed by atoms with Gasteiger partial charge in [0.1, 0.15) is 16.7 Å². The lowest BCUT2D eigenvalue weighted by Gasteiger charge is -2.16.